The minimum absolute atomic E-state index is 0.207. The maximum absolute atomic E-state index is 11.7. The van der Waals surface area contributed by atoms with Gasteiger partial charge in [-0.1, -0.05) is 6.42 Å². The molecule has 0 radical (unpaired) electrons. The van der Waals surface area contributed by atoms with E-state index in [0.717, 1.165) is 19.3 Å². The molecule has 0 fully saturated rings. The van der Waals surface area contributed by atoms with Gasteiger partial charge in [0.2, 0.25) is 0 Å². The molecule has 0 saturated heterocycles. The third-order valence-electron chi connectivity index (χ3n) is 2.67. The second kappa shape index (κ2) is 5.46. The zero-order valence-electron chi connectivity index (χ0n) is 10.9. The molecule has 6 heteroatoms. The van der Waals surface area contributed by atoms with Gasteiger partial charge < -0.3 is 11.5 Å². The van der Waals surface area contributed by atoms with Crippen molar-refractivity contribution >= 4 is 0 Å². The van der Waals surface area contributed by atoms with E-state index >= 15 is 0 Å². The van der Waals surface area contributed by atoms with Gasteiger partial charge in [0.25, 0.3) is 0 Å². The summed E-state index contributed by atoms with van der Waals surface area (Å²) in [6.07, 6.45) is 2.68. The molecule has 1 rings (SSSR count). The van der Waals surface area contributed by atoms with Gasteiger partial charge in [0.05, 0.1) is 6.04 Å². The zero-order valence-corrected chi connectivity index (χ0v) is 10.9. The van der Waals surface area contributed by atoms with E-state index in [2.05, 4.69) is 10.2 Å². The summed E-state index contributed by atoms with van der Waals surface area (Å²) in [5.74, 6) is 0.625. The van der Waals surface area contributed by atoms with E-state index in [4.69, 9.17) is 11.5 Å². The molecule has 17 heavy (non-hydrogen) atoms. The van der Waals surface area contributed by atoms with E-state index in [-0.39, 0.29) is 17.3 Å². The summed E-state index contributed by atoms with van der Waals surface area (Å²) < 4.78 is 1.63. The lowest BCUT2D eigenvalue weighted by molar-refractivity contribution is 0.358. The Kier molecular flexibility index (Phi) is 4.47. The van der Waals surface area contributed by atoms with Crippen LogP contribution < -0.4 is 17.2 Å². The Morgan fingerprint density at radius 1 is 1.41 bits per heavy atom. The van der Waals surface area contributed by atoms with Crippen molar-refractivity contribution in [2.24, 2.45) is 11.5 Å². The SMILES string of the molecule is CC(C)(C)n1c(C(N)CCCCN)n[nH]c1=O. The van der Waals surface area contributed by atoms with Crippen molar-refractivity contribution in [1.82, 2.24) is 14.8 Å². The van der Waals surface area contributed by atoms with Crippen molar-refractivity contribution in [2.75, 3.05) is 6.54 Å². The molecule has 0 amide bonds. The van der Waals surface area contributed by atoms with E-state index in [9.17, 15) is 4.79 Å². The average molecular weight is 241 g/mol. The molecule has 1 unspecified atom stereocenters. The molecule has 0 bridgehead atoms. The third kappa shape index (κ3) is 3.41. The van der Waals surface area contributed by atoms with Crippen molar-refractivity contribution in [3.63, 3.8) is 0 Å². The Morgan fingerprint density at radius 3 is 2.59 bits per heavy atom. The number of hydrogen-bond donors (Lipinski definition) is 3. The van der Waals surface area contributed by atoms with Crippen molar-refractivity contribution in [2.45, 2.75) is 51.6 Å². The first-order valence-corrected chi connectivity index (χ1v) is 6.01. The fourth-order valence-corrected chi connectivity index (χ4v) is 1.84. The number of nitrogens with two attached hydrogens (primary N) is 2. The molecule has 6 nitrogen and oxygen atoms in total. The van der Waals surface area contributed by atoms with E-state index < -0.39 is 0 Å². The number of nitrogens with zero attached hydrogens (tertiary/aromatic N) is 2. The molecule has 0 aliphatic heterocycles. The van der Waals surface area contributed by atoms with Crippen molar-refractivity contribution in [3.8, 4) is 0 Å². The van der Waals surface area contributed by atoms with E-state index in [1.54, 1.807) is 4.57 Å². The maximum Gasteiger partial charge on any atom is 0.343 e. The molecule has 0 aliphatic carbocycles. The third-order valence-corrected chi connectivity index (χ3v) is 2.67. The molecule has 0 aromatic carbocycles. The molecule has 1 heterocycles. The Balaban J connectivity index is 2.87. The predicted octanol–water partition coefficient (Wildman–Crippen LogP) is 0.455. The minimum atomic E-state index is -0.315. The van der Waals surface area contributed by atoms with Crippen LogP contribution in [0.4, 0.5) is 0 Å². The number of rotatable bonds is 5. The lowest BCUT2D eigenvalue weighted by Gasteiger charge is -2.23. The van der Waals surface area contributed by atoms with Crippen LogP contribution in [0.1, 0.15) is 51.9 Å². The van der Waals surface area contributed by atoms with Gasteiger partial charge in [0.15, 0.2) is 5.82 Å². The maximum atomic E-state index is 11.7. The van der Waals surface area contributed by atoms with Gasteiger partial charge in [-0.15, -0.1) is 0 Å². The van der Waals surface area contributed by atoms with E-state index in [1.807, 2.05) is 20.8 Å². The van der Waals surface area contributed by atoms with E-state index in [0.29, 0.717) is 12.4 Å². The van der Waals surface area contributed by atoms with Crippen molar-refractivity contribution < 1.29 is 0 Å². The van der Waals surface area contributed by atoms with Crippen molar-refractivity contribution in [3.05, 3.63) is 16.3 Å². The Morgan fingerprint density at radius 2 is 2.06 bits per heavy atom. The topological polar surface area (TPSA) is 103 Å². The summed E-state index contributed by atoms with van der Waals surface area (Å²) in [7, 11) is 0. The Bertz CT molecular complexity index is 401. The predicted molar refractivity (Wildman–Crippen MR) is 67.7 cm³/mol. The van der Waals surface area contributed by atoms with Gasteiger partial charge in [-0.3, -0.25) is 4.57 Å². The van der Waals surface area contributed by atoms with Crippen molar-refractivity contribution in [1.29, 1.82) is 0 Å². The van der Waals surface area contributed by atoms with Crippen LogP contribution in [0.2, 0.25) is 0 Å². The van der Waals surface area contributed by atoms with Crippen LogP contribution >= 0.6 is 0 Å². The van der Waals surface area contributed by atoms with Crippen LogP contribution in [-0.2, 0) is 5.54 Å². The molecular formula is C11H23N5O. The number of aromatic nitrogens is 3. The second-order valence-corrected chi connectivity index (χ2v) is 5.28. The highest BCUT2D eigenvalue weighted by Gasteiger charge is 2.24. The highest BCUT2D eigenvalue weighted by atomic mass is 16.1. The second-order valence-electron chi connectivity index (χ2n) is 5.28. The highest BCUT2D eigenvalue weighted by Crippen LogP contribution is 2.19. The number of nitrogens with one attached hydrogen (secondary N) is 1. The molecular weight excluding hydrogens is 218 g/mol. The summed E-state index contributed by atoms with van der Waals surface area (Å²) in [5.41, 5.74) is 11.0. The van der Waals surface area contributed by atoms with Crippen LogP contribution in [0.3, 0.4) is 0 Å². The van der Waals surface area contributed by atoms with Gasteiger partial charge in [-0.25, -0.2) is 9.89 Å². The van der Waals surface area contributed by atoms with E-state index in [1.165, 1.54) is 0 Å². The largest absolute Gasteiger partial charge is 0.343 e. The first kappa shape index (κ1) is 13.9. The lowest BCUT2D eigenvalue weighted by Crippen LogP contribution is -2.35. The quantitative estimate of drug-likeness (QED) is 0.651. The number of unbranched alkanes of at least 4 members (excludes halogenated alkanes) is 1. The molecule has 98 valence electrons. The van der Waals surface area contributed by atoms with Crippen LogP contribution in [0.15, 0.2) is 4.79 Å². The molecule has 0 aliphatic rings. The van der Waals surface area contributed by atoms with Crippen LogP contribution in [0.5, 0.6) is 0 Å². The average Bonchev–Trinajstić information content (AvgIpc) is 2.60. The highest BCUT2D eigenvalue weighted by molar-refractivity contribution is 4.98. The first-order chi connectivity index (χ1) is 7.88. The monoisotopic (exact) mass is 241 g/mol. The lowest BCUT2D eigenvalue weighted by atomic mass is 10.1. The fraction of sp³-hybridized carbons (Fsp3) is 0.818. The van der Waals surface area contributed by atoms with Gasteiger partial charge in [0.1, 0.15) is 0 Å². The van der Waals surface area contributed by atoms with Gasteiger partial charge >= 0.3 is 5.69 Å². The molecule has 0 saturated carbocycles. The summed E-state index contributed by atoms with van der Waals surface area (Å²) >= 11 is 0. The van der Waals surface area contributed by atoms with Crippen LogP contribution in [0, 0.1) is 0 Å². The molecule has 1 aromatic heterocycles. The van der Waals surface area contributed by atoms with Crippen LogP contribution in [-0.4, -0.2) is 21.3 Å². The fourth-order valence-electron chi connectivity index (χ4n) is 1.84. The summed E-state index contributed by atoms with van der Waals surface area (Å²) in [6.45, 7) is 6.54. The number of aromatic amines is 1. The first-order valence-electron chi connectivity index (χ1n) is 6.01. The van der Waals surface area contributed by atoms with Crippen LogP contribution in [0.25, 0.3) is 0 Å². The number of H-pyrrole nitrogens is 1. The molecule has 1 atom stereocenters. The molecule has 5 N–H and O–H groups in total. The normalized spacial score (nSPS) is 13.9. The molecule has 1 aromatic rings. The summed E-state index contributed by atoms with van der Waals surface area (Å²) in [6, 6.07) is -0.222. The summed E-state index contributed by atoms with van der Waals surface area (Å²) in [5, 5.41) is 6.50. The smallest absolute Gasteiger partial charge is 0.330 e. The Labute approximate surface area is 101 Å². The minimum Gasteiger partial charge on any atom is -0.330 e. The standard InChI is InChI=1S/C11H23N5O/c1-11(2,3)16-9(14-15-10(16)17)8(13)6-4-5-7-12/h8H,4-7,12-13H2,1-3H3,(H,15,17). The van der Waals surface area contributed by atoms with Gasteiger partial charge in [0, 0.05) is 5.54 Å². The molecule has 0 spiro atoms. The number of hydrogen-bond acceptors (Lipinski definition) is 4. The zero-order chi connectivity index (χ0) is 13.1. The summed E-state index contributed by atoms with van der Waals surface area (Å²) in [4.78, 5) is 11.7. The van der Waals surface area contributed by atoms with Gasteiger partial charge in [-0.2, -0.15) is 5.10 Å². The Hall–Kier alpha value is -1.14. The van der Waals surface area contributed by atoms with Gasteiger partial charge in [-0.05, 0) is 40.2 Å².